The number of carboxylic acids is 1. The van der Waals surface area contributed by atoms with E-state index in [1.165, 1.54) is 6.92 Å². The van der Waals surface area contributed by atoms with Crippen LogP contribution in [-0.2, 0) is 9.59 Å². The first-order valence-electron chi connectivity index (χ1n) is 5.50. The molecule has 1 unspecified atom stereocenters. The normalized spacial score (nSPS) is 11.7. The highest BCUT2D eigenvalue weighted by Gasteiger charge is 2.13. The number of benzene rings is 1. The Morgan fingerprint density at radius 1 is 1.42 bits per heavy atom. The average molecular weight is 306 g/mol. The molecule has 1 atom stereocenters. The zero-order chi connectivity index (χ0) is 14.4. The molecule has 0 aliphatic heterocycles. The van der Waals surface area contributed by atoms with Crippen molar-refractivity contribution in [3.63, 3.8) is 0 Å². The highest BCUT2D eigenvalue weighted by Crippen LogP contribution is 2.27. The van der Waals surface area contributed by atoms with Gasteiger partial charge in [0.2, 0.25) is 5.91 Å². The number of carbonyl (C=O) groups excluding carboxylic acids is 1. The topological polar surface area (TPSA) is 75.6 Å². The lowest BCUT2D eigenvalue weighted by molar-refractivity contribution is -0.141. The molecule has 1 aromatic carbocycles. The van der Waals surface area contributed by atoms with E-state index in [4.69, 9.17) is 33.0 Å². The fourth-order valence-electron chi connectivity index (χ4n) is 1.22. The number of carboxylic acid groups (broad SMARTS) is 1. The number of carbonyl (C=O) groups is 2. The summed E-state index contributed by atoms with van der Waals surface area (Å²) in [6.07, 6.45) is 0.0282. The molecule has 0 saturated carbocycles. The first-order chi connectivity index (χ1) is 8.90. The van der Waals surface area contributed by atoms with E-state index in [9.17, 15) is 9.59 Å². The minimum atomic E-state index is -1.09. The second-order valence-electron chi connectivity index (χ2n) is 3.80. The number of halogens is 2. The van der Waals surface area contributed by atoms with Gasteiger partial charge in [-0.15, -0.1) is 0 Å². The van der Waals surface area contributed by atoms with Crippen LogP contribution in [0.25, 0.3) is 0 Å². The van der Waals surface area contributed by atoms with Crippen LogP contribution in [0.1, 0.15) is 13.3 Å². The number of rotatable bonds is 6. The van der Waals surface area contributed by atoms with Crippen molar-refractivity contribution in [1.29, 1.82) is 0 Å². The zero-order valence-electron chi connectivity index (χ0n) is 10.2. The summed E-state index contributed by atoms with van der Waals surface area (Å²) in [5.74, 6) is -1.12. The molecule has 1 aromatic rings. The van der Waals surface area contributed by atoms with Gasteiger partial charge >= 0.3 is 5.97 Å². The number of ether oxygens (including phenoxy) is 1. The number of amides is 1. The largest absolute Gasteiger partial charge is 0.491 e. The zero-order valence-corrected chi connectivity index (χ0v) is 11.7. The predicted octanol–water partition coefficient (Wildman–Crippen LogP) is 2.35. The van der Waals surface area contributed by atoms with Crippen LogP contribution in [0.5, 0.6) is 5.75 Å². The molecule has 0 fully saturated rings. The van der Waals surface area contributed by atoms with Crippen molar-refractivity contribution in [3.05, 3.63) is 28.2 Å². The van der Waals surface area contributed by atoms with Gasteiger partial charge in [-0.25, -0.2) is 0 Å². The molecular weight excluding hydrogens is 293 g/mol. The molecule has 19 heavy (non-hydrogen) atoms. The third-order valence-corrected chi connectivity index (χ3v) is 2.78. The highest BCUT2D eigenvalue weighted by molar-refractivity contribution is 6.34. The fourth-order valence-corrected chi connectivity index (χ4v) is 1.55. The van der Waals surface area contributed by atoms with Gasteiger partial charge in [-0.2, -0.15) is 0 Å². The SMILES string of the molecule is CC(NC(=O)CCOc1cc(Cl)ccc1Cl)C(=O)O. The van der Waals surface area contributed by atoms with Gasteiger partial charge in [0.05, 0.1) is 18.1 Å². The van der Waals surface area contributed by atoms with Gasteiger partial charge < -0.3 is 15.2 Å². The summed E-state index contributed by atoms with van der Waals surface area (Å²) >= 11 is 11.7. The first-order valence-corrected chi connectivity index (χ1v) is 6.25. The standard InChI is InChI=1S/C12H13Cl2NO4/c1-7(12(17)18)15-11(16)4-5-19-10-6-8(13)2-3-9(10)14/h2-3,6-7H,4-5H2,1H3,(H,15,16)(H,17,18). The third-order valence-electron chi connectivity index (χ3n) is 2.23. The maximum atomic E-state index is 11.4. The predicted molar refractivity (Wildman–Crippen MR) is 71.8 cm³/mol. The van der Waals surface area contributed by atoms with Crippen molar-refractivity contribution in [2.24, 2.45) is 0 Å². The maximum absolute atomic E-state index is 11.4. The fraction of sp³-hybridized carbons (Fsp3) is 0.333. The number of nitrogens with one attached hydrogen (secondary N) is 1. The van der Waals surface area contributed by atoms with Gasteiger partial charge in [0.15, 0.2) is 0 Å². The van der Waals surface area contributed by atoms with E-state index in [0.717, 1.165) is 0 Å². The molecule has 0 radical (unpaired) electrons. The average Bonchev–Trinajstić information content (AvgIpc) is 2.33. The number of hydrogen-bond donors (Lipinski definition) is 2. The van der Waals surface area contributed by atoms with Gasteiger partial charge in [-0.3, -0.25) is 9.59 Å². The molecule has 0 bridgehead atoms. The van der Waals surface area contributed by atoms with Gasteiger partial charge in [0, 0.05) is 11.1 Å². The number of aliphatic carboxylic acids is 1. The molecule has 2 N–H and O–H groups in total. The van der Waals surface area contributed by atoms with Crippen LogP contribution >= 0.6 is 23.2 Å². The Kier molecular flexibility index (Phi) is 5.92. The Bertz CT molecular complexity index is 479. The lowest BCUT2D eigenvalue weighted by Gasteiger charge is -2.10. The Morgan fingerprint density at radius 2 is 2.11 bits per heavy atom. The van der Waals surface area contributed by atoms with E-state index < -0.39 is 17.9 Å². The van der Waals surface area contributed by atoms with Gasteiger partial charge in [-0.05, 0) is 19.1 Å². The van der Waals surface area contributed by atoms with Crippen LogP contribution in [0.2, 0.25) is 10.0 Å². The minimum Gasteiger partial charge on any atom is -0.491 e. The Morgan fingerprint density at radius 3 is 2.74 bits per heavy atom. The van der Waals surface area contributed by atoms with Crippen molar-refractivity contribution < 1.29 is 19.4 Å². The number of hydrogen-bond acceptors (Lipinski definition) is 3. The first kappa shape index (κ1) is 15.6. The molecular formula is C12H13Cl2NO4. The molecule has 0 aliphatic rings. The summed E-state index contributed by atoms with van der Waals surface area (Å²) in [5.41, 5.74) is 0. The molecule has 104 valence electrons. The maximum Gasteiger partial charge on any atom is 0.325 e. The lowest BCUT2D eigenvalue weighted by atomic mass is 10.3. The van der Waals surface area contributed by atoms with Crippen LogP contribution < -0.4 is 10.1 Å². The summed E-state index contributed by atoms with van der Waals surface area (Å²) in [5, 5.41) is 11.8. The summed E-state index contributed by atoms with van der Waals surface area (Å²) in [6, 6.07) is 3.83. The van der Waals surface area contributed by atoms with Crippen LogP contribution in [0.15, 0.2) is 18.2 Å². The van der Waals surface area contributed by atoms with Crippen molar-refractivity contribution in [3.8, 4) is 5.75 Å². The summed E-state index contributed by atoms with van der Waals surface area (Å²) in [4.78, 5) is 21.9. The molecule has 0 heterocycles. The molecule has 5 nitrogen and oxygen atoms in total. The van der Waals surface area contributed by atoms with Crippen LogP contribution in [0.3, 0.4) is 0 Å². The second kappa shape index (κ2) is 7.21. The van der Waals surface area contributed by atoms with Gasteiger partial charge in [0.1, 0.15) is 11.8 Å². The summed E-state index contributed by atoms with van der Waals surface area (Å²) < 4.78 is 5.31. The Hall–Kier alpha value is -1.46. The van der Waals surface area contributed by atoms with Crippen molar-refractivity contribution >= 4 is 35.1 Å². The monoisotopic (exact) mass is 305 g/mol. The molecule has 7 heteroatoms. The molecule has 1 rings (SSSR count). The van der Waals surface area contributed by atoms with Crippen LogP contribution in [0, 0.1) is 0 Å². The third kappa shape index (κ3) is 5.36. The van der Waals surface area contributed by atoms with E-state index in [-0.39, 0.29) is 13.0 Å². The minimum absolute atomic E-state index is 0.0282. The van der Waals surface area contributed by atoms with Crippen LogP contribution in [0.4, 0.5) is 0 Å². The van der Waals surface area contributed by atoms with E-state index in [2.05, 4.69) is 5.32 Å². The van der Waals surface area contributed by atoms with E-state index >= 15 is 0 Å². The Balaban J connectivity index is 2.40. The van der Waals surface area contributed by atoms with Crippen LogP contribution in [-0.4, -0.2) is 29.6 Å². The van der Waals surface area contributed by atoms with E-state index in [1.54, 1.807) is 18.2 Å². The van der Waals surface area contributed by atoms with E-state index in [0.29, 0.717) is 15.8 Å². The summed E-state index contributed by atoms with van der Waals surface area (Å²) in [6.45, 7) is 1.47. The van der Waals surface area contributed by atoms with E-state index in [1.807, 2.05) is 0 Å². The van der Waals surface area contributed by atoms with Crippen molar-refractivity contribution in [1.82, 2.24) is 5.32 Å². The highest BCUT2D eigenvalue weighted by atomic mass is 35.5. The quantitative estimate of drug-likeness (QED) is 0.846. The second-order valence-corrected chi connectivity index (χ2v) is 4.64. The molecule has 0 aromatic heterocycles. The van der Waals surface area contributed by atoms with Crippen molar-refractivity contribution in [2.75, 3.05) is 6.61 Å². The molecule has 0 spiro atoms. The molecule has 1 amide bonds. The lowest BCUT2D eigenvalue weighted by Crippen LogP contribution is -2.38. The molecule has 0 aliphatic carbocycles. The summed E-state index contributed by atoms with van der Waals surface area (Å²) in [7, 11) is 0. The molecule has 0 saturated heterocycles. The van der Waals surface area contributed by atoms with Crippen molar-refractivity contribution in [2.45, 2.75) is 19.4 Å². The van der Waals surface area contributed by atoms with Gasteiger partial charge in [0.25, 0.3) is 0 Å². The smallest absolute Gasteiger partial charge is 0.325 e. The van der Waals surface area contributed by atoms with Gasteiger partial charge in [-0.1, -0.05) is 23.2 Å². The Labute approximate surface area is 120 Å².